The predicted molar refractivity (Wildman–Crippen MR) is 123 cm³/mol. The van der Waals surface area contributed by atoms with Crippen LogP contribution in [0.4, 0.5) is 5.69 Å². The SMILES string of the molecule is COc1ccc(OCC(=O)NCC(c2ccc3c(c2)CCCN3C)N2CCCC2)cc1. The lowest BCUT2D eigenvalue weighted by Gasteiger charge is -2.32. The third kappa shape index (κ3) is 5.31. The third-order valence-electron chi connectivity index (χ3n) is 6.34. The smallest absolute Gasteiger partial charge is 0.258 e. The fourth-order valence-corrected chi connectivity index (χ4v) is 4.61. The molecule has 1 atom stereocenters. The van der Waals surface area contributed by atoms with Crippen LogP contribution in [-0.4, -0.2) is 57.8 Å². The highest BCUT2D eigenvalue weighted by Crippen LogP contribution is 2.31. The first-order valence-electron chi connectivity index (χ1n) is 11.3. The Morgan fingerprint density at radius 1 is 1.03 bits per heavy atom. The van der Waals surface area contributed by atoms with Gasteiger partial charge in [0, 0.05) is 25.8 Å². The van der Waals surface area contributed by atoms with Crippen LogP contribution in [0, 0.1) is 0 Å². The number of likely N-dealkylation sites (tertiary alicyclic amines) is 1. The Kier molecular flexibility index (Phi) is 6.97. The maximum atomic E-state index is 12.5. The van der Waals surface area contributed by atoms with Crippen molar-refractivity contribution in [3.63, 3.8) is 0 Å². The van der Waals surface area contributed by atoms with E-state index in [9.17, 15) is 4.79 Å². The number of rotatable bonds is 8. The number of carbonyl (C=O) groups is 1. The van der Waals surface area contributed by atoms with Gasteiger partial charge in [-0.25, -0.2) is 0 Å². The van der Waals surface area contributed by atoms with Crippen LogP contribution in [0.2, 0.25) is 0 Å². The summed E-state index contributed by atoms with van der Waals surface area (Å²) in [6, 6.07) is 14.3. The first kappa shape index (κ1) is 21.5. The Morgan fingerprint density at radius 3 is 2.52 bits per heavy atom. The van der Waals surface area contributed by atoms with Crippen molar-refractivity contribution in [3.8, 4) is 11.5 Å². The first-order valence-corrected chi connectivity index (χ1v) is 11.3. The van der Waals surface area contributed by atoms with Crippen molar-refractivity contribution in [1.29, 1.82) is 0 Å². The zero-order chi connectivity index (χ0) is 21.6. The second kappa shape index (κ2) is 10.1. The minimum absolute atomic E-state index is 0.00797. The molecule has 0 radical (unpaired) electrons. The second-order valence-corrected chi connectivity index (χ2v) is 8.44. The lowest BCUT2D eigenvalue weighted by molar-refractivity contribution is -0.123. The zero-order valence-electron chi connectivity index (χ0n) is 18.6. The van der Waals surface area contributed by atoms with Gasteiger partial charge in [0.25, 0.3) is 5.91 Å². The molecule has 0 aliphatic carbocycles. The minimum atomic E-state index is -0.0993. The number of anilines is 1. The molecule has 2 heterocycles. The van der Waals surface area contributed by atoms with Crippen molar-refractivity contribution in [3.05, 3.63) is 53.6 Å². The molecule has 0 spiro atoms. The Hall–Kier alpha value is -2.73. The quantitative estimate of drug-likeness (QED) is 0.705. The van der Waals surface area contributed by atoms with Gasteiger partial charge in [-0.3, -0.25) is 9.69 Å². The number of benzene rings is 2. The highest BCUT2D eigenvalue weighted by Gasteiger charge is 2.25. The molecule has 1 amide bonds. The van der Waals surface area contributed by atoms with E-state index in [1.807, 2.05) is 24.3 Å². The Labute approximate surface area is 185 Å². The molecule has 166 valence electrons. The molecule has 31 heavy (non-hydrogen) atoms. The maximum Gasteiger partial charge on any atom is 0.258 e. The van der Waals surface area contributed by atoms with Gasteiger partial charge in [-0.05, 0) is 80.2 Å². The molecule has 1 fully saturated rings. The van der Waals surface area contributed by atoms with Gasteiger partial charge >= 0.3 is 0 Å². The Balaban J connectivity index is 1.38. The van der Waals surface area contributed by atoms with Crippen molar-refractivity contribution < 1.29 is 14.3 Å². The standard InChI is InChI=1S/C25H33N3O3/c1-27-13-5-6-19-16-20(7-12-23(19)27)24(28-14-3-4-15-28)17-26-25(29)18-31-22-10-8-21(30-2)9-11-22/h7-12,16,24H,3-6,13-15,17-18H2,1-2H3,(H,26,29). The Morgan fingerprint density at radius 2 is 1.77 bits per heavy atom. The lowest BCUT2D eigenvalue weighted by Crippen LogP contribution is -2.38. The summed E-state index contributed by atoms with van der Waals surface area (Å²) in [5, 5.41) is 3.10. The molecule has 0 saturated carbocycles. The van der Waals surface area contributed by atoms with Gasteiger partial charge in [0.2, 0.25) is 0 Å². The molecule has 2 aromatic carbocycles. The first-order chi connectivity index (χ1) is 15.1. The summed E-state index contributed by atoms with van der Waals surface area (Å²) < 4.78 is 10.8. The monoisotopic (exact) mass is 423 g/mol. The number of fused-ring (bicyclic) bond motifs is 1. The van der Waals surface area contributed by atoms with Crippen molar-refractivity contribution >= 4 is 11.6 Å². The molecule has 4 rings (SSSR count). The largest absolute Gasteiger partial charge is 0.497 e. The Bertz CT molecular complexity index is 878. The molecule has 2 aliphatic rings. The van der Waals surface area contributed by atoms with Gasteiger partial charge in [0.05, 0.1) is 13.2 Å². The van der Waals surface area contributed by atoms with E-state index in [0.29, 0.717) is 12.3 Å². The van der Waals surface area contributed by atoms with Crippen molar-refractivity contribution in [2.24, 2.45) is 0 Å². The van der Waals surface area contributed by atoms with E-state index in [2.05, 4.69) is 40.4 Å². The average Bonchev–Trinajstić information content (AvgIpc) is 3.33. The molecule has 2 aromatic rings. The van der Waals surface area contributed by atoms with Crippen molar-refractivity contribution in [2.75, 3.05) is 51.8 Å². The molecule has 1 unspecified atom stereocenters. The number of hydrogen-bond acceptors (Lipinski definition) is 5. The predicted octanol–water partition coefficient (Wildman–Crippen LogP) is 3.41. The summed E-state index contributed by atoms with van der Waals surface area (Å²) in [7, 11) is 3.79. The van der Waals surface area contributed by atoms with E-state index >= 15 is 0 Å². The van der Waals surface area contributed by atoms with E-state index < -0.39 is 0 Å². The molecular weight excluding hydrogens is 390 g/mol. The van der Waals surface area contributed by atoms with Gasteiger partial charge in [0.15, 0.2) is 6.61 Å². The number of aryl methyl sites for hydroxylation is 1. The topological polar surface area (TPSA) is 54.0 Å². The van der Waals surface area contributed by atoms with E-state index in [1.54, 1.807) is 7.11 Å². The van der Waals surface area contributed by atoms with E-state index in [4.69, 9.17) is 9.47 Å². The van der Waals surface area contributed by atoms with Crippen LogP contribution in [0.1, 0.15) is 36.4 Å². The molecule has 0 aromatic heterocycles. The molecular formula is C25H33N3O3. The number of methoxy groups -OCH3 is 1. The van der Waals surface area contributed by atoms with Crippen molar-refractivity contribution in [2.45, 2.75) is 31.7 Å². The molecule has 6 heteroatoms. The average molecular weight is 424 g/mol. The van der Waals surface area contributed by atoms with Crippen LogP contribution in [0.25, 0.3) is 0 Å². The molecule has 0 bridgehead atoms. The highest BCUT2D eigenvalue weighted by molar-refractivity contribution is 5.77. The van der Waals surface area contributed by atoms with Gasteiger partial charge in [0.1, 0.15) is 11.5 Å². The third-order valence-corrected chi connectivity index (χ3v) is 6.34. The van der Waals surface area contributed by atoms with Gasteiger partial charge in [-0.1, -0.05) is 12.1 Å². The number of nitrogens with one attached hydrogen (secondary N) is 1. The van der Waals surface area contributed by atoms with E-state index in [-0.39, 0.29) is 18.6 Å². The van der Waals surface area contributed by atoms with Crippen LogP contribution >= 0.6 is 0 Å². The van der Waals surface area contributed by atoms with E-state index in [0.717, 1.165) is 31.8 Å². The number of ether oxygens (including phenoxy) is 2. The lowest BCUT2D eigenvalue weighted by atomic mass is 9.96. The van der Waals surface area contributed by atoms with Gasteiger partial charge in [-0.15, -0.1) is 0 Å². The second-order valence-electron chi connectivity index (χ2n) is 8.44. The number of hydrogen-bond donors (Lipinski definition) is 1. The highest BCUT2D eigenvalue weighted by atomic mass is 16.5. The summed E-state index contributed by atoms with van der Waals surface area (Å²) in [4.78, 5) is 17.3. The van der Waals surface area contributed by atoms with Crippen molar-refractivity contribution in [1.82, 2.24) is 10.2 Å². The molecule has 6 nitrogen and oxygen atoms in total. The normalized spacial score (nSPS) is 17.2. The maximum absolute atomic E-state index is 12.5. The summed E-state index contributed by atoms with van der Waals surface area (Å²) in [5.74, 6) is 1.32. The molecule has 1 N–H and O–H groups in total. The molecule has 1 saturated heterocycles. The summed E-state index contributed by atoms with van der Waals surface area (Å²) >= 11 is 0. The number of carbonyl (C=O) groups excluding carboxylic acids is 1. The van der Waals surface area contributed by atoms with Crippen LogP contribution in [0.15, 0.2) is 42.5 Å². The number of amides is 1. The zero-order valence-corrected chi connectivity index (χ0v) is 18.6. The van der Waals surface area contributed by atoms with Gasteiger partial charge < -0.3 is 19.7 Å². The van der Waals surface area contributed by atoms with Crippen LogP contribution in [0.5, 0.6) is 11.5 Å². The van der Waals surface area contributed by atoms with Gasteiger partial charge in [-0.2, -0.15) is 0 Å². The minimum Gasteiger partial charge on any atom is -0.497 e. The van der Waals surface area contributed by atoms with Crippen LogP contribution in [-0.2, 0) is 11.2 Å². The number of nitrogens with zero attached hydrogens (tertiary/aromatic N) is 2. The van der Waals surface area contributed by atoms with Crippen LogP contribution in [0.3, 0.4) is 0 Å². The summed E-state index contributed by atoms with van der Waals surface area (Å²) in [6.07, 6.45) is 4.76. The fraction of sp³-hybridized carbons (Fsp3) is 0.480. The summed E-state index contributed by atoms with van der Waals surface area (Å²) in [6.45, 7) is 3.89. The molecule has 2 aliphatic heterocycles. The van der Waals surface area contributed by atoms with Crippen LogP contribution < -0.4 is 19.7 Å². The fourth-order valence-electron chi connectivity index (χ4n) is 4.61. The summed E-state index contributed by atoms with van der Waals surface area (Å²) in [5.41, 5.74) is 4.06. The van der Waals surface area contributed by atoms with E-state index in [1.165, 1.54) is 36.1 Å².